The molecule has 0 fully saturated rings. The third kappa shape index (κ3) is 4.63. The molecule has 1 heterocycles. The smallest absolute Gasteiger partial charge is 0.228 e. The number of anilines is 1. The number of hydrogen-bond donors (Lipinski definition) is 1. The fraction of sp³-hybridized carbons (Fsp3) is 0.200. The van der Waals surface area contributed by atoms with Crippen LogP contribution < -0.4 is 14.8 Å². The summed E-state index contributed by atoms with van der Waals surface area (Å²) in [7, 11) is 3.26. The van der Waals surface area contributed by atoms with E-state index in [0.717, 1.165) is 22.6 Å². The number of benzene rings is 2. The van der Waals surface area contributed by atoms with Gasteiger partial charge in [-0.3, -0.25) is 9.48 Å². The van der Waals surface area contributed by atoms with Crippen molar-refractivity contribution in [3.05, 3.63) is 72.1 Å². The van der Waals surface area contributed by atoms with Gasteiger partial charge >= 0.3 is 0 Å². The fourth-order valence-corrected chi connectivity index (χ4v) is 2.61. The fourth-order valence-electron chi connectivity index (χ4n) is 2.61. The van der Waals surface area contributed by atoms with Crippen LogP contribution in [0.5, 0.6) is 11.5 Å². The van der Waals surface area contributed by atoms with E-state index in [-0.39, 0.29) is 5.91 Å². The Morgan fingerprint density at radius 1 is 1.04 bits per heavy atom. The zero-order chi connectivity index (χ0) is 18.4. The van der Waals surface area contributed by atoms with Gasteiger partial charge in [0.1, 0.15) is 11.5 Å². The van der Waals surface area contributed by atoms with Crippen LogP contribution in [0.4, 0.5) is 5.69 Å². The second kappa shape index (κ2) is 8.20. The maximum Gasteiger partial charge on any atom is 0.228 e. The van der Waals surface area contributed by atoms with Crippen LogP contribution in [0.25, 0.3) is 0 Å². The van der Waals surface area contributed by atoms with E-state index < -0.39 is 0 Å². The summed E-state index contributed by atoms with van der Waals surface area (Å²) in [5.74, 6) is 1.49. The molecule has 2 aromatic carbocycles. The van der Waals surface area contributed by atoms with Crippen LogP contribution >= 0.6 is 0 Å². The Kier molecular flexibility index (Phi) is 5.53. The minimum Gasteiger partial charge on any atom is -0.497 e. The molecule has 0 unspecified atom stereocenters. The molecule has 3 rings (SSSR count). The SMILES string of the molecule is COc1ccc(CC(=O)Nc2cnn(Cc3cccc(OC)c3)c2)cc1. The van der Waals surface area contributed by atoms with Gasteiger partial charge in [-0.05, 0) is 35.4 Å². The number of nitrogens with zero attached hydrogens (tertiary/aromatic N) is 2. The minimum absolute atomic E-state index is 0.0869. The lowest BCUT2D eigenvalue weighted by molar-refractivity contribution is -0.115. The standard InChI is InChI=1S/C20H21N3O3/c1-25-18-8-6-15(7-9-18)11-20(24)22-17-12-21-23(14-17)13-16-4-3-5-19(10-16)26-2/h3-10,12,14H,11,13H2,1-2H3,(H,22,24). The van der Waals surface area contributed by atoms with Crippen LogP contribution in [0, 0.1) is 0 Å². The summed E-state index contributed by atoms with van der Waals surface area (Å²) in [5, 5.41) is 7.16. The first-order valence-electron chi connectivity index (χ1n) is 8.24. The monoisotopic (exact) mass is 351 g/mol. The Hall–Kier alpha value is -3.28. The number of carbonyl (C=O) groups is 1. The number of hydrogen-bond acceptors (Lipinski definition) is 4. The van der Waals surface area contributed by atoms with Crippen molar-refractivity contribution in [1.29, 1.82) is 0 Å². The number of rotatable bonds is 7. The van der Waals surface area contributed by atoms with Gasteiger partial charge in [0.2, 0.25) is 5.91 Å². The highest BCUT2D eigenvalue weighted by atomic mass is 16.5. The molecule has 0 saturated carbocycles. The molecule has 0 spiro atoms. The van der Waals surface area contributed by atoms with E-state index in [2.05, 4.69) is 10.4 Å². The third-order valence-corrected chi connectivity index (χ3v) is 3.92. The second-order valence-corrected chi connectivity index (χ2v) is 5.85. The second-order valence-electron chi connectivity index (χ2n) is 5.85. The van der Waals surface area contributed by atoms with Crippen LogP contribution in [-0.4, -0.2) is 29.9 Å². The number of aromatic nitrogens is 2. The number of amides is 1. The molecule has 0 aliphatic carbocycles. The van der Waals surface area contributed by atoms with Crippen LogP contribution in [0.15, 0.2) is 60.9 Å². The Bertz CT molecular complexity index is 872. The van der Waals surface area contributed by atoms with E-state index in [9.17, 15) is 4.79 Å². The van der Waals surface area contributed by atoms with Crippen LogP contribution in [0.3, 0.4) is 0 Å². The van der Waals surface area contributed by atoms with Crippen LogP contribution in [0.2, 0.25) is 0 Å². The van der Waals surface area contributed by atoms with Gasteiger partial charge in [-0.25, -0.2) is 0 Å². The quantitative estimate of drug-likeness (QED) is 0.710. The Morgan fingerprint density at radius 3 is 2.54 bits per heavy atom. The average molecular weight is 351 g/mol. The first kappa shape index (κ1) is 17.5. The number of ether oxygens (including phenoxy) is 2. The van der Waals surface area contributed by atoms with Gasteiger partial charge in [-0.1, -0.05) is 24.3 Å². The van der Waals surface area contributed by atoms with Crippen molar-refractivity contribution < 1.29 is 14.3 Å². The topological polar surface area (TPSA) is 65.4 Å². The molecule has 134 valence electrons. The van der Waals surface area contributed by atoms with E-state index in [0.29, 0.717) is 18.7 Å². The van der Waals surface area contributed by atoms with Crippen LogP contribution in [-0.2, 0) is 17.8 Å². The lowest BCUT2D eigenvalue weighted by Gasteiger charge is -2.05. The predicted molar refractivity (Wildman–Crippen MR) is 99.7 cm³/mol. The molecule has 0 aliphatic rings. The van der Waals surface area contributed by atoms with Gasteiger partial charge < -0.3 is 14.8 Å². The summed E-state index contributed by atoms with van der Waals surface area (Å²) in [5.41, 5.74) is 2.67. The van der Waals surface area contributed by atoms with Gasteiger partial charge in [0.25, 0.3) is 0 Å². The summed E-state index contributed by atoms with van der Waals surface area (Å²) in [6, 6.07) is 15.3. The van der Waals surface area contributed by atoms with Crippen molar-refractivity contribution in [2.75, 3.05) is 19.5 Å². The number of nitrogens with one attached hydrogen (secondary N) is 1. The summed E-state index contributed by atoms with van der Waals surface area (Å²) in [6.07, 6.45) is 3.75. The van der Waals surface area contributed by atoms with Gasteiger partial charge in [0.05, 0.1) is 39.1 Å². The zero-order valence-electron chi connectivity index (χ0n) is 14.8. The van der Waals surface area contributed by atoms with Gasteiger partial charge in [0.15, 0.2) is 0 Å². The molecular formula is C20H21N3O3. The molecule has 0 radical (unpaired) electrons. The van der Waals surface area contributed by atoms with Crippen molar-refractivity contribution in [1.82, 2.24) is 9.78 Å². The molecule has 0 bridgehead atoms. The van der Waals surface area contributed by atoms with E-state index >= 15 is 0 Å². The molecule has 6 nitrogen and oxygen atoms in total. The van der Waals surface area contributed by atoms with E-state index in [1.165, 1.54) is 0 Å². The van der Waals surface area contributed by atoms with Gasteiger partial charge in [-0.15, -0.1) is 0 Å². The highest BCUT2D eigenvalue weighted by Crippen LogP contribution is 2.15. The first-order valence-corrected chi connectivity index (χ1v) is 8.24. The highest BCUT2D eigenvalue weighted by Gasteiger charge is 2.07. The summed E-state index contributed by atoms with van der Waals surface area (Å²) in [6.45, 7) is 0.603. The van der Waals surface area contributed by atoms with E-state index in [1.54, 1.807) is 25.1 Å². The molecule has 6 heteroatoms. The van der Waals surface area contributed by atoms with Gasteiger partial charge in [-0.2, -0.15) is 5.10 Å². The molecule has 1 amide bonds. The van der Waals surface area contributed by atoms with Crippen molar-refractivity contribution in [3.63, 3.8) is 0 Å². The molecule has 0 aliphatic heterocycles. The van der Waals surface area contributed by atoms with Crippen molar-refractivity contribution >= 4 is 11.6 Å². The Balaban J connectivity index is 1.57. The molecule has 0 atom stereocenters. The van der Waals surface area contributed by atoms with E-state index in [4.69, 9.17) is 9.47 Å². The normalized spacial score (nSPS) is 10.4. The maximum atomic E-state index is 12.2. The van der Waals surface area contributed by atoms with Crippen molar-refractivity contribution in [2.24, 2.45) is 0 Å². The molecule has 0 saturated heterocycles. The molecule has 26 heavy (non-hydrogen) atoms. The largest absolute Gasteiger partial charge is 0.497 e. The predicted octanol–water partition coefficient (Wildman–Crippen LogP) is 3.13. The van der Waals surface area contributed by atoms with Crippen molar-refractivity contribution in [2.45, 2.75) is 13.0 Å². The molecule has 3 aromatic rings. The lowest BCUT2D eigenvalue weighted by atomic mass is 10.1. The zero-order valence-corrected chi connectivity index (χ0v) is 14.8. The first-order chi connectivity index (χ1) is 12.7. The molecule has 1 aromatic heterocycles. The number of carbonyl (C=O) groups excluding carboxylic acids is 1. The number of methoxy groups -OCH3 is 2. The third-order valence-electron chi connectivity index (χ3n) is 3.92. The van der Waals surface area contributed by atoms with E-state index in [1.807, 2.05) is 54.7 Å². The Labute approximate surface area is 152 Å². The average Bonchev–Trinajstić information content (AvgIpc) is 3.09. The van der Waals surface area contributed by atoms with Crippen molar-refractivity contribution in [3.8, 4) is 11.5 Å². The molecular weight excluding hydrogens is 330 g/mol. The lowest BCUT2D eigenvalue weighted by Crippen LogP contribution is -2.14. The maximum absolute atomic E-state index is 12.2. The van der Waals surface area contributed by atoms with Gasteiger partial charge in [0, 0.05) is 6.20 Å². The van der Waals surface area contributed by atoms with Crippen LogP contribution in [0.1, 0.15) is 11.1 Å². The summed E-state index contributed by atoms with van der Waals surface area (Å²) >= 11 is 0. The minimum atomic E-state index is -0.0869. The summed E-state index contributed by atoms with van der Waals surface area (Å²) in [4.78, 5) is 12.2. The molecule has 1 N–H and O–H groups in total. The Morgan fingerprint density at radius 2 is 1.81 bits per heavy atom. The highest BCUT2D eigenvalue weighted by molar-refractivity contribution is 5.92. The summed E-state index contributed by atoms with van der Waals surface area (Å²) < 4.78 is 12.1.